The van der Waals surface area contributed by atoms with E-state index in [9.17, 15) is 13.6 Å². The Hall–Kier alpha value is -0.930. The molecule has 0 saturated carbocycles. The average molecular weight is 233 g/mol. The van der Waals surface area contributed by atoms with Crippen molar-refractivity contribution >= 4 is 5.91 Å². The van der Waals surface area contributed by atoms with Gasteiger partial charge in [0, 0.05) is 19.4 Å². The standard InChI is InChI=1S/C12H21F2NO/c1-4-6-7-8-10(9-11(16)15-3)12(13,14)5-2/h5,10H,2,4,6-9H2,1,3H3,(H,15,16). The molecular formula is C12H21F2NO. The van der Waals surface area contributed by atoms with E-state index in [0.717, 1.165) is 19.3 Å². The van der Waals surface area contributed by atoms with Crippen molar-refractivity contribution in [3.05, 3.63) is 12.7 Å². The molecular weight excluding hydrogens is 212 g/mol. The highest BCUT2D eigenvalue weighted by molar-refractivity contribution is 5.75. The zero-order valence-electron chi connectivity index (χ0n) is 10.1. The predicted molar refractivity (Wildman–Crippen MR) is 61.5 cm³/mol. The maximum absolute atomic E-state index is 13.4. The Morgan fingerprint density at radius 2 is 2.12 bits per heavy atom. The monoisotopic (exact) mass is 233 g/mol. The van der Waals surface area contributed by atoms with Gasteiger partial charge in [-0.25, -0.2) is 8.78 Å². The summed E-state index contributed by atoms with van der Waals surface area (Å²) in [6.07, 6.45) is 3.48. The number of halogens is 2. The fraction of sp³-hybridized carbons (Fsp3) is 0.750. The first-order chi connectivity index (χ1) is 7.47. The largest absolute Gasteiger partial charge is 0.359 e. The lowest BCUT2D eigenvalue weighted by molar-refractivity contribution is -0.124. The fourth-order valence-corrected chi connectivity index (χ4v) is 1.56. The maximum Gasteiger partial charge on any atom is 0.269 e. The normalized spacial score (nSPS) is 13.2. The molecule has 1 amide bonds. The quantitative estimate of drug-likeness (QED) is 0.506. The van der Waals surface area contributed by atoms with E-state index in [1.807, 2.05) is 6.92 Å². The van der Waals surface area contributed by atoms with Crippen LogP contribution >= 0.6 is 0 Å². The van der Waals surface area contributed by atoms with E-state index in [0.29, 0.717) is 12.5 Å². The molecule has 0 saturated heterocycles. The molecule has 1 N–H and O–H groups in total. The summed E-state index contributed by atoms with van der Waals surface area (Å²) in [5.41, 5.74) is 0. The zero-order chi connectivity index (χ0) is 12.6. The SMILES string of the molecule is C=CC(F)(F)C(CCCCC)CC(=O)NC. The predicted octanol–water partition coefficient (Wildman–Crippen LogP) is 3.14. The number of hydrogen-bond acceptors (Lipinski definition) is 1. The Morgan fingerprint density at radius 3 is 2.56 bits per heavy atom. The van der Waals surface area contributed by atoms with Crippen LogP contribution in [0.3, 0.4) is 0 Å². The van der Waals surface area contributed by atoms with Crippen LogP contribution in [0.25, 0.3) is 0 Å². The molecule has 0 heterocycles. The van der Waals surface area contributed by atoms with Gasteiger partial charge in [-0.1, -0.05) is 32.8 Å². The Bertz CT molecular complexity index is 229. The molecule has 0 aliphatic rings. The van der Waals surface area contributed by atoms with Crippen molar-refractivity contribution in [3.63, 3.8) is 0 Å². The van der Waals surface area contributed by atoms with E-state index < -0.39 is 11.8 Å². The van der Waals surface area contributed by atoms with Gasteiger partial charge in [-0.3, -0.25) is 4.79 Å². The molecule has 0 aliphatic heterocycles. The molecule has 0 aromatic rings. The van der Waals surface area contributed by atoms with Crippen molar-refractivity contribution in [1.82, 2.24) is 5.32 Å². The van der Waals surface area contributed by atoms with E-state index in [2.05, 4.69) is 11.9 Å². The summed E-state index contributed by atoms with van der Waals surface area (Å²) in [5, 5.41) is 2.38. The van der Waals surface area contributed by atoms with Gasteiger partial charge in [-0.15, -0.1) is 0 Å². The minimum absolute atomic E-state index is 0.140. The number of unbranched alkanes of at least 4 members (excludes halogenated alkanes) is 2. The van der Waals surface area contributed by atoms with Crippen molar-refractivity contribution in [2.75, 3.05) is 7.05 Å². The Labute approximate surface area is 96.1 Å². The number of alkyl halides is 2. The van der Waals surface area contributed by atoms with Crippen molar-refractivity contribution in [2.24, 2.45) is 5.92 Å². The van der Waals surface area contributed by atoms with Crippen molar-refractivity contribution in [3.8, 4) is 0 Å². The first-order valence-electron chi connectivity index (χ1n) is 5.69. The smallest absolute Gasteiger partial charge is 0.269 e. The van der Waals surface area contributed by atoms with Crippen LogP contribution in [0.2, 0.25) is 0 Å². The number of allylic oxidation sites excluding steroid dienone is 1. The highest BCUT2D eigenvalue weighted by Crippen LogP contribution is 2.32. The summed E-state index contributed by atoms with van der Waals surface area (Å²) in [7, 11) is 1.46. The van der Waals surface area contributed by atoms with Crippen LogP contribution < -0.4 is 5.32 Å². The third-order valence-electron chi connectivity index (χ3n) is 2.68. The summed E-state index contributed by atoms with van der Waals surface area (Å²) in [6.45, 7) is 5.15. The Balaban J connectivity index is 4.38. The van der Waals surface area contributed by atoms with Crippen LogP contribution in [0.1, 0.15) is 39.0 Å². The zero-order valence-corrected chi connectivity index (χ0v) is 10.1. The summed E-state index contributed by atoms with van der Waals surface area (Å²) >= 11 is 0. The lowest BCUT2D eigenvalue weighted by atomic mass is 9.91. The van der Waals surface area contributed by atoms with Crippen LogP contribution in [0.5, 0.6) is 0 Å². The first-order valence-corrected chi connectivity index (χ1v) is 5.69. The number of hydrogen-bond donors (Lipinski definition) is 1. The molecule has 0 spiro atoms. The van der Waals surface area contributed by atoms with Crippen LogP contribution in [0.4, 0.5) is 8.78 Å². The van der Waals surface area contributed by atoms with Gasteiger partial charge in [-0.05, 0) is 12.5 Å². The molecule has 0 aliphatic carbocycles. The molecule has 1 atom stereocenters. The molecule has 16 heavy (non-hydrogen) atoms. The molecule has 0 bridgehead atoms. The highest BCUT2D eigenvalue weighted by atomic mass is 19.3. The summed E-state index contributed by atoms with van der Waals surface area (Å²) in [6, 6.07) is 0. The topological polar surface area (TPSA) is 29.1 Å². The van der Waals surface area contributed by atoms with Gasteiger partial charge in [-0.2, -0.15) is 0 Å². The number of carbonyl (C=O) groups excluding carboxylic acids is 1. The minimum Gasteiger partial charge on any atom is -0.359 e. The lowest BCUT2D eigenvalue weighted by Gasteiger charge is -2.23. The number of amides is 1. The highest BCUT2D eigenvalue weighted by Gasteiger charge is 2.36. The fourth-order valence-electron chi connectivity index (χ4n) is 1.56. The van der Waals surface area contributed by atoms with Gasteiger partial charge >= 0.3 is 0 Å². The Kier molecular flexibility index (Phi) is 6.93. The van der Waals surface area contributed by atoms with Crippen molar-refractivity contribution < 1.29 is 13.6 Å². The number of nitrogens with one attached hydrogen (secondary N) is 1. The molecule has 94 valence electrons. The molecule has 0 aromatic carbocycles. The van der Waals surface area contributed by atoms with E-state index >= 15 is 0 Å². The summed E-state index contributed by atoms with van der Waals surface area (Å²) in [4.78, 5) is 11.1. The second kappa shape index (κ2) is 7.36. The van der Waals surface area contributed by atoms with Gasteiger partial charge < -0.3 is 5.32 Å². The van der Waals surface area contributed by atoms with Crippen LogP contribution in [-0.2, 0) is 4.79 Å². The second-order valence-electron chi connectivity index (χ2n) is 3.95. The van der Waals surface area contributed by atoms with E-state index in [4.69, 9.17) is 0 Å². The molecule has 0 rings (SSSR count). The van der Waals surface area contributed by atoms with Gasteiger partial charge in [0.05, 0.1) is 0 Å². The van der Waals surface area contributed by atoms with Gasteiger partial charge in [0.1, 0.15) is 0 Å². The lowest BCUT2D eigenvalue weighted by Crippen LogP contribution is -2.31. The van der Waals surface area contributed by atoms with E-state index in [1.165, 1.54) is 7.05 Å². The van der Waals surface area contributed by atoms with Crippen LogP contribution in [0.15, 0.2) is 12.7 Å². The average Bonchev–Trinajstić information content (AvgIpc) is 2.27. The van der Waals surface area contributed by atoms with Gasteiger partial charge in [0.25, 0.3) is 5.92 Å². The van der Waals surface area contributed by atoms with Gasteiger partial charge in [0.15, 0.2) is 0 Å². The number of carbonyl (C=O) groups is 1. The minimum atomic E-state index is -2.96. The summed E-state index contributed by atoms with van der Waals surface area (Å²) in [5.74, 6) is -4.24. The molecule has 0 aromatic heterocycles. The molecule has 2 nitrogen and oxygen atoms in total. The number of rotatable bonds is 8. The van der Waals surface area contributed by atoms with Crippen molar-refractivity contribution in [1.29, 1.82) is 0 Å². The molecule has 0 fully saturated rings. The third kappa shape index (κ3) is 5.24. The van der Waals surface area contributed by atoms with Crippen molar-refractivity contribution in [2.45, 2.75) is 45.0 Å². The first kappa shape index (κ1) is 15.1. The molecule has 0 radical (unpaired) electrons. The summed E-state index contributed by atoms with van der Waals surface area (Å²) < 4.78 is 26.9. The molecule has 4 heteroatoms. The van der Waals surface area contributed by atoms with E-state index in [-0.39, 0.29) is 12.3 Å². The Morgan fingerprint density at radius 1 is 1.50 bits per heavy atom. The van der Waals surface area contributed by atoms with Crippen LogP contribution in [0, 0.1) is 5.92 Å². The van der Waals surface area contributed by atoms with Gasteiger partial charge in [0.2, 0.25) is 5.91 Å². The maximum atomic E-state index is 13.4. The van der Waals surface area contributed by atoms with E-state index in [1.54, 1.807) is 0 Å². The van der Waals surface area contributed by atoms with Crippen LogP contribution in [-0.4, -0.2) is 18.9 Å². The second-order valence-corrected chi connectivity index (χ2v) is 3.95. The molecule has 1 unspecified atom stereocenters. The third-order valence-corrected chi connectivity index (χ3v) is 2.68.